The third-order valence-corrected chi connectivity index (χ3v) is 3.66. The number of rotatable bonds is 11. The highest BCUT2D eigenvalue weighted by Gasteiger charge is 2.30. The number of alkyl halides is 4. The number of hydrogen-bond acceptors (Lipinski definition) is 2. The van der Waals surface area contributed by atoms with Crippen molar-refractivity contribution in [3.05, 3.63) is 24.3 Å². The summed E-state index contributed by atoms with van der Waals surface area (Å²) in [7, 11) is 0. The molecule has 126 valence electrons. The lowest BCUT2D eigenvalue weighted by atomic mass is 10.1. The van der Waals surface area contributed by atoms with Crippen LogP contribution in [0.15, 0.2) is 24.3 Å². The topological polar surface area (TPSA) is 18.5 Å². The van der Waals surface area contributed by atoms with Gasteiger partial charge in [0.1, 0.15) is 11.5 Å². The van der Waals surface area contributed by atoms with Crippen molar-refractivity contribution in [2.75, 3.05) is 11.9 Å². The molecule has 0 heterocycles. The molecule has 2 nitrogen and oxygen atoms in total. The summed E-state index contributed by atoms with van der Waals surface area (Å²) in [5, 5.41) is 1.08. The molecule has 0 N–H and O–H groups in total. The van der Waals surface area contributed by atoms with Gasteiger partial charge in [0.25, 0.3) is 0 Å². The molecule has 0 aliphatic heterocycles. The van der Waals surface area contributed by atoms with E-state index < -0.39 is 6.36 Å². The second-order valence-corrected chi connectivity index (χ2v) is 5.82. The quantitative estimate of drug-likeness (QED) is 0.340. The summed E-state index contributed by atoms with van der Waals surface area (Å²) in [6.45, 7) is 0.584. The molecule has 22 heavy (non-hydrogen) atoms. The van der Waals surface area contributed by atoms with Gasteiger partial charge in [-0.05, 0) is 37.1 Å². The zero-order valence-corrected chi connectivity index (χ0v) is 14.1. The first-order valence-electron chi connectivity index (χ1n) is 7.56. The molecule has 0 aliphatic rings. The van der Waals surface area contributed by atoms with E-state index in [9.17, 15) is 13.2 Å². The Labute approximate surface area is 138 Å². The largest absolute Gasteiger partial charge is 0.573 e. The molecule has 0 saturated carbocycles. The van der Waals surface area contributed by atoms with Gasteiger partial charge >= 0.3 is 6.36 Å². The van der Waals surface area contributed by atoms with E-state index in [1.54, 1.807) is 0 Å². The first-order valence-corrected chi connectivity index (χ1v) is 8.68. The van der Waals surface area contributed by atoms with Gasteiger partial charge in [-0.2, -0.15) is 0 Å². The molecule has 0 atom stereocenters. The standard InChI is InChI=1S/C16H22BrF3O2/c17-12-6-4-2-1-3-5-7-13-21-14-8-10-15(11-9-14)22-16(18,19)20/h8-11H,1-7,12-13H2. The molecule has 0 saturated heterocycles. The van der Waals surface area contributed by atoms with Crippen LogP contribution in [-0.2, 0) is 0 Å². The fraction of sp³-hybridized carbons (Fsp3) is 0.625. The Hall–Kier alpha value is -0.910. The van der Waals surface area contributed by atoms with E-state index in [1.165, 1.54) is 56.4 Å². The maximum atomic E-state index is 12.0. The molecule has 0 radical (unpaired) electrons. The highest BCUT2D eigenvalue weighted by molar-refractivity contribution is 9.09. The fourth-order valence-corrected chi connectivity index (χ4v) is 2.40. The van der Waals surface area contributed by atoms with Crippen LogP contribution in [0.1, 0.15) is 44.9 Å². The minimum Gasteiger partial charge on any atom is -0.494 e. The Morgan fingerprint density at radius 2 is 1.27 bits per heavy atom. The summed E-state index contributed by atoms with van der Waals surface area (Å²) in [5.41, 5.74) is 0. The van der Waals surface area contributed by atoms with Gasteiger partial charge < -0.3 is 9.47 Å². The van der Waals surface area contributed by atoms with Crippen LogP contribution >= 0.6 is 15.9 Å². The van der Waals surface area contributed by atoms with Crippen molar-refractivity contribution in [3.63, 3.8) is 0 Å². The Kier molecular flexibility index (Phi) is 9.36. The minimum atomic E-state index is -4.66. The van der Waals surface area contributed by atoms with Crippen molar-refractivity contribution in [3.8, 4) is 11.5 Å². The molecule has 0 amide bonds. The fourth-order valence-electron chi connectivity index (χ4n) is 2.01. The molecule has 0 bridgehead atoms. The van der Waals surface area contributed by atoms with Crippen molar-refractivity contribution in [2.24, 2.45) is 0 Å². The van der Waals surface area contributed by atoms with Gasteiger partial charge in [0.2, 0.25) is 0 Å². The first-order chi connectivity index (χ1) is 10.5. The summed E-state index contributed by atoms with van der Waals surface area (Å²) in [6.07, 6.45) is 3.64. The Bertz CT molecular complexity index is 393. The molecule has 0 unspecified atom stereocenters. The van der Waals surface area contributed by atoms with Gasteiger partial charge in [-0.15, -0.1) is 13.2 Å². The molecule has 6 heteroatoms. The highest BCUT2D eigenvalue weighted by atomic mass is 79.9. The second kappa shape index (κ2) is 10.8. The van der Waals surface area contributed by atoms with E-state index in [-0.39, 0.29) is 5.75 Å². The maximum absolute atomic E-state index is 12.0. The zero-order chi connectivity index (χ0) is 16.3. The molecule has 0 aliphatic carbocycles. The van der Waals surface area contributed by atoms with Crippen molar-refractivity contribution < 1.29 is 22.6 Å². The number of unbranched alkanes of at least 4 members (excludes halogenated alkanes) is 6. The van der Waals surface area contributed by atoms with Crippen LogP contribution in [0, 0.1) is 0 Å². The van der Waals surface area contributed by atoms with Crippen LogP contribution in [0.2, 0.25) is 0 Å². The lowest BCUT2D eigenvalue weighted by Gasteiger charge is -2.10. The summed E-state index contributed by atoms with van der Waals surface area (Å²) >= 11 is 3.41. The maximum Gasteiger partial charge on any atom is 0.573 e. The van der Waals surface area contributed by atoms with Crippen LogP contribution in [-0.4, -0.2) is 18.3 Å². The van der Waals surface area contributed by atoms with Gasteiger partial charge in [0, 0.05) is 5.33 Å². The van der Waals surface area contributed by atoms with Crippen LogP contribution in [0.5, 0.6) is 11.5 Å². The minimum absolute atomic E-state index is 0.233. The molecule has 1 rings (SSSR count). The van der Waals surface area contributed by atoms with Crippen molar-refractivity contribution in [1.29, 1.82) is 0 Å². The monoisotopic (exact) mass is 382 g/mol. The predicted octanol–water partition coefficient (Wildman–Crippen LogP) is 6.09. The average molecular weight is 383 g/mol. The highest BCUT2D eigenvalue weighted by Crippen LogP contribution is 2.24. The first kappa shape index (κ1) is 19.1. The number of ether oxygens (including phenoxy) is 2. The molecular formula is C16H22BrF3O2. The van der Waals surface area contributed by atoms with Gasteiger partial charge in [0.05, 0.1) is 6.61 Å². The summed E-state index contributed by atoms with van der Waals surface area (Å²) in [4.78, 5) is 0. The summed E-state index contributed by atoms with van der Waals surface area (Å²) in [5.74, 6) is 0.329. The lowest BCUT2D eigenvalue weighted by Crippen LogP contribution is -2.16. The number of halogens is 4. The molecule has 0 spiro atoms. The van der Waals surface area contributed by atoms with Gasteiger partial charge in [0.15, 0.2) is 0 Å². The van der Waals surface area contributed by atoms with Crippen molar-refractivity contribution in [1.82, 2.24) is 0 Å². The van der Waals surface area contributed by atoms with E-state index >= 15 is 0 Å². The van der Waals surface area contributed by atoms with E-state index in [0.717, 1.165) is 18.2 Å². The molecule has 0 aromatic heterocycles. The van der Waals surface area contributed by atoms with E-state index in [4.69, 9.17) is 4.74 Å². The number of benzene rings is 1. The van der Waals surface area contributed by atoms with Crippen molar-refractivity contribution in [2.45, 2.75) is 51.3 Å². The normalized spacial score (nSPS) is 11.5. The smallest absolute Gasteiger partial charge is 0.494 e. The molecule has 1 aromatic carbocycles. The molecule has 1 aromatic rings. The zero-order valence-electron chi connectivity index (χ0n) is 12.5. The average Bonchev–Trinajstić information content (AvgIpc) is 2.46. The Balaban J connectivity index is 2.08. The van der Waals surface area contributed by atoms with E-state index in [0.29, 0.717) is 12.4 Å². The Morgan fingerprint density at radius 3 is 1.82 bits per heavy atom. The lowest BCUT2D eigenvalue weighted by molar-refractivity contribution is -0.274. The van der Waals surface area contributed by atoms with Crippen molar-refractivity contribution >= 4 is 15.9 Å². The van der Waals surface area contributed by atoms with Crippen LogP contribution in [0.4, 0.5) is 13.2 Å². The SMILES string of the molecule is FC(F)(F)Oc1ccc(OCCCCCCCCCBr)cc1. The third kappa shape index (κ3) is 9.92. The van der Waals surface area contributed by atoms with E-state index in [1.807, 2.05) is 0 Å². The van der Waals surface area contributed by atoms with Gasteiger partial charge in [-0.3, -0.25) is 0 Å². The van der Waals surface area contributed by atoms with Crippen LogP contribution in [0.3, 0.4) is 0 Å². The number of hydrogen-bond donors (Lipinski definition) is 0. The van der Waals surface area contributed by atoms with E-state index in [2.05, 4.69) is 20.7 Å². The second-order valence-electron chi connectivity index (χ2n) is 5.03. The van der Waals surface area contributed by atoms with Crippen LogP contribution < -0.4 is 9.47 Å². The predicted molar refractivity (Wildman–Crippen MR) is 84.7 cm³/mol. The summed E-state index contributed by atoms with van der Waals surface area (Å²) in [6, 6.07) is 5.49. The summed E-state index contributed by atoms with van der Waals surface area (Å²) < 4.78 is 45.3. The van der Waals surface area contributed by atoms with Crippen LogP contribution in [0.25, 0.3) is 0 Å². The van der Waals surface area contributed by atoms with Gasteiger partial charge in [-0.1, -0.05) is 48.0 Å². The molecular weight excluding hydrogens is 361 g/mol. The third-order valence-electron chi connectivity index (χ3n) is 3.10. The molecule has 0 fully saturated rings. The van der Waals surface area contributed by atoms with Gasteiger partial charge in [-0.25, -0.2) is 0 Å². The Morgan fingerprint density at radius 1 is 0.773 bits per heavy atom.